The Balaban J connectivity index is 1.92. The minimum atomic E-state index is -3.79. The molecule has 0 atom stereocenters. The van der Waals surface area contributed by atoms with Crippen molar-refractivity contribution < 1.29 is 13.2 Å². The van der Waals surface area contributed by atoms with Crippen LogP contribution in [0.2, 0.25) is 0 Å². The van der Waals surface area contributed by atoms with Gasteiger partial charge in [0.1, 0.15) is 0 Å². The van der Waals surface area contributed by atoms with Gasteiger partial charge in [0.2, 0.25) is 0 Å². The first-order valence-electron chi connectivity index (χ1n) is 9.39. The molecule has 1 amide bonds. The van der Waals surface area contributed by atoms with Crippen molar-refractivity contribution in [3.8, 4) is 0 Å². The first kappa shape index (κ1) is 20.6. The van der Waals surface area contributed by atoms with Gasteiger partial charge in [-0.3, -0.25) is 9.10 Å². The van der Waals surface area contributed by atoms with Crippen LogP contribution in [0.1, 0.15) is 28.4 Å². The first-order chi connectivity index (χ1) is 13.8. The van der Waals surface area contributed by atoms with Crippen LogP contribution in [0, 0.1) is 13.8 Å². The van der Waals surface area contributed by atoms with E-state index in [2.05, 4.69) is 5.32 Å². The molecule has 1 N–H and O–H groups in total. The third kappa shape index (κ3) is 4.49. The lowest BCUT2D eigenvalue weighted by atomic mass is 10.1. The Morgan fingerprint density at radius 1 is 0.931 bits per heavy atom. The van der Waals surface area contributed by atoms with E-state index in [4.69, 9.17) is 0 Å². The number of benzene rings is 3. The molecule has 0 aromatic heterocycles. The van der Waals surface area contributed by atoms with Gasteiger partial charge in [-0.05, 0) is 68.3 Å². The van der Waals surface area contributed by atoms with E-state index in [-0.39, 0.29) is 22.9 Å². The first-order valence-corrected chi connectivity index (χ1v) is 10.8. The summed E-state index contributed by atoms with van der Waals surface area (Å²) in [6.07, 6.45) is 0. The maximum Gasteiger partial charge on any atom is 0.264 e. The summed E-state index contributed by atoms with van der Waals surface area (Å²) >= 11 is 0. The molecule has 0 aliphatic heterocycles. The topological polar surface area (TPSA) is 66.5 Å². The van der Waals surface area contributed by atoms with Gasteiger partial charge in [-0.2, -0.15) is 0 Å². The predicted molar refractivity (Wildman–Crippen MR) is 117 cm³/mol. The van der Waals surface area contributed by atoms with Crippen molar-refractivity contribution in [3.05, 3.63) is 89.5 Å². The van der Waals surface area contributed by atoms with Gasteiger partial charge in [0, 0.05) is 17.8 Å². The molecule has 0 radical (unpaired) electrons. The number of nitrogens with zero attached hydrogens (tertiary/aromatic N) is 1. The number of amides is 1. The molecule has 0 aliphatic carbocycles. The molecule has 3 aromatic rings. The van der Waals surface area contributed by atoms with Crippen LogP contribution in [0.3, 0.4) is 0 Å². The second kappa shape index (κ2) is 8.49. The Bertz CT molecular complexity index is 1130. The number of carbonyl (C=O) groups excluding carboxylic acids is 1. The molecule has 0 saturated carbocycles. The Hall–Kier alpha value is -3.12. The fourth-order valence-corrected chi connectivity index (χ4v) is 4.60. The normalized spacial score (nSPS) is 11.1. The summed E-state index contributed by atoms with van der Waals surface area (Å²) < 4.78 is 27.7. The monoisotopic (exact) mass is 408 g/mol. The Labute approximate surface area is 172 Å². The van der Waals surface area contributed by atoms with E-state index in [0.29, 0.717) is 11.4 Å². The number of rotatable bonds is 6. The molecular formula is C23H24N2O3S. The van der Waals surface area contributed by atoms with Crippen molar-refractivity contribution in [2.75, 3.05) is 16.2 Å². The highest BCUT2D eigenvalue weighted by Gasteiger charge is 2.24. The zero-order valence-electron chi connectivity index (χ0n) is 16.7. The largest absolute Gasteiger partial charge is 0.322 e. The molecule has 0 bridgehead atoms. The summed E-state index contributed by atoms with van der Waals surface area (Å²) in [4.78, 5) is 12.8. The molecule has 3 aromatic carbocycles. The van der Waals surface area contributed by atoms with E-state index < -0.39 is 10.0 Å². The van der Waals surface area contributed by atoms with Gasteiger partial charge in [-0.1, -0.05) is 36.4 Å². The lowest BCUT2D eigenvalue weighted by Gasteiger charge is -2.23. The second-order valence-electron chi connectivity index (χ2n) is 6.81. The number of hydrogen-bond acceptors (Lipinski definition) is 3. The van der Waals surface area contributed by atoms with E-state index >= 15 is 0 Å². The molecule has 5 nitrogen and oxygen atoms in total. The standard InChI is InChI=1S/C23H24N2O3S/c1-4-25(20-10-6-5-7-11-20)29(27,28)21-12-8-9-19(16-21)23(26)24-22-15-17(2)13-14-18(22)3/h5-16H,4H2,1-3H3,(H,24,26). The average Bonchev–Trinajstić information content (AvgIpc) is 2.72. The number of carbonyl (C=O) groups is 1. The van der Waals surface area contributed by atoms with Gasteiger partial charge in [-0.15, -0.1) is 0 Å². The van der Waals surface area contributed by atoms with Crippen LogP contribution >= 0.6 is 0 Å². The molecule has 0 spiro atoms. The summed E-state index contributed by atoms with van der Waals surface area (Å²) in [6, 6.07) is 20.8. The quantitative estimate of drug-likeness (QED) is 0.639. The van der Waals surface area contributed by atoms with Crippen LogP contribution in [0.15, 0.2) is 77.7 Å². The zero-order chi connectivity index (χ0) is 21.0. The van der Waals surface area contributed by atoms with Gasteiger partial charge in [0.15, 0.2) is 0 Å². The lowest BCUT2D eigenvalue weighted by Crippen LogP contribution is -2.31. The molecule has 150 valence electrons. The summed E-state index contributed by atoms with van der Waals surface area (Å²) in [7, 11) is -3.79. The molecule has 0 saturated heterocycles. The number of aryl methyl sites for hydroxylation is 2. The van der Waals surface area contributed by atoms with E-state index in [1.807, 2.05) is 38.1 Å². The van der Waals surface area contributed by atoms with E-state index in [1.54, 1.807) is 43.3 Å². The summed E-state index contributed by atoms with van der Waals surface area (Å²) in [6.45, 7) is 5.92. The molecule has 6 heteroatoms. The van der Waals surface area contributed by atoms with Gasteiger partial charge in [0.25, 0.3) is 15.9 Å². The smallest absolute Gasteiger partial charge is 0.264 e. The molecule has 0 fully saturated rings. The van der Waals surface area contributed by atoms with E-state index in [9.17, 15) is 13.2 Å². The highest BCUT2D eigenvalue weighted by Crippen LogP contribution is 2.24. The van der Waals surface area contributed by atoms with Crippen molar-refractivity contribution in [2.45, 2.75) is 25.7 Å². The number of sulfonamides is 1. The molecule has 0 unspecified atom stereocenters. The van der Waals surface area contributed by atoms with E-state index in [1.165, 1.54) is 16.4 Å². The van der Waals surface area contributed by atoms with E-state index in [0.717, 1.165) is 11.1 Å². The van der Waals surface area contributed by atoms with Gasteiger partial charge in [0.05, 0.1) is 10.6 Å². The highest BCUT2D eigenvalue weighted by atomic mass is 32.2. The predicted octanol–water partition coefficient (Wildman–Crippen LogP) is 4.77. The van der Waals surface area contributed by atoms with Crippen LogP contribution in [-0.4, -0.2) is 20.9 Å². The van der Waals surface area contributed by atoms with Crippen molar-refractivity contribution >= 4 is 27.3 Å². The molecule has 3 rings (SSSR count). The molecule has 0 aliphatic rings. The van der Waals surface area contributed by atoms with Crippen LogP contribution in [0.5, 0.6) is 0 Å². The SMILES string of the molecule is CCN(c1ccccc1)S(=O)(=O)c1cccc(C(=O)Nc2cc(C)ccc2C)c1. The van der Waals surface area contributed by atoms with Crippen LogP contribution in [0.25, 0.3) is 0 Å². The lowest BCUT2D eigenvalue weighted by molar-refractivity contribution is 0.102. The van der Waals surface area contributed by atoms with Crippen LogP contribution in [0.4, 0.5) is 11.4 Å². The third-order valence-electron chi connectivity index (χ3n) is 4.66. The zero-order valence-corrected chi connectivity index (χ0v) is 17.5. The molecule has 29 heavy (non-hydrogen) atoms. The third-order valence-corrected chi connectivity index (χ3v) is 6.56. The number of anilines is 2. The average molecular weight is 409 g/mol. The van der Waals surface area contributed by atoms with Crippen molar-refractivity contribution in [1.29, 1.82) is 0 Å². The molecule has 0 heterocycles. The second-order valence-corrected chi connectivity index (χ2v) is 8.67. The van der Waals surface area contributed by atoms with Crippen molar-refractivity contribution in [3.63, 3.8) is 0 Å². The molecular weight excluding hydrogens is 384 g/mol. The summed E-state index contributed by atoms with van der Waals surface area (Å²) in [5, 5.41) is 2.87. The van der Waals surface area contributed by atoms with Crippen LogP contribution in [-0.2, 0) is 10.0 Å². The minimum Gasteiger partial charge on any atom is -0.322 e. The number of para-hydroxylation sites is 1. The summed E-state index contributed by atoms with van der Waals surface area (Å²) in [5.74, 6) is -0.349. The Morgan fingerprint density at radius 3 is 2.34 bits per heavy atom. The Morgan fingerprint density at radius 2 is 1.66 bits per heavy atom. The minimum absolute atomic E-state index is 0.0804. The Kier molecular flexibility index (Phi) is 6.03. The summed E-state index contributed by atoms with van der Waals surface area (Å²) in [5.41, 5.74) is 3.55. The number of hydrogen-bond donors (Lipinski definition) is 1. The van der Waals surface area contributed by atoms with Gasteiger partial charge >= 0.3 is 0 Å². The maximum absolute atomic E-state index is 13.2. The highest BCUT2D eigenvalue weighted by molar-refractivity contribution is 7.92. The van der Waals surface area contributed by atoms with Crippen molar-refractivity contribution in [1.82, 2.24) is 0 Å². The fourth-order valence-electron chi connectivity index (χ4n) is 3.08. The number of nitrogens with one attached hydrogen (secondary N) is 1. The van der Waals surface area contributed by atoms with Crippen LogP contribution < -0.4 is 9.62 Å². The van der Waals surface area contributed by atoms with Gasteiger partial charge in [-0.25, -0.2) is 8.42 Å². The van der Waals surface area contributed by atoms with Crippen molar-refractivity contribution in [2.24, 2.45) is 0 Å². The fraction of sp³-hybridized carbons (Fsp3) is 0.174. The van der Waals surface area contributed by atoms with Gasteiger partial charge < -0.3 is 5.32 Å². The maximum atomic E-state index is 13.2.